The topological polar surface area (TPSA) is 375 Å². The molecule has 24 nitrogen and oxygen atoms in total. The van der Waals surface area contributed by atoms with E-state index in [2.05, 4.69) is 6.58 Å². The fourth-order valence-electron chi connectivity index (χ4n) is 9.76. The summed E-state index contributed by atoms with van der Waals surface area (Å²) in [6.45, 7) is 14.1. The van der Waals surface area contributed by atoms with E-state index in [-0.39, 0.29) is 19.6 Å². The molecule has 3 heterocycles. The Morgan fingerprint density at radius 2 is 0.659 bits per heavy atom. The number of hydrogen-bond donors (Lipinski definition) is 12. The van der Waals surface area contributed by atoms with Crippen LogP contribution in [0.4, 0.5) is 0 Å². The fraction of sp³-hybridized carbons (Fsp3) is 0.517. The second-order valence-corrected chi connectivity index (χ2v) is 21.0. The maximum atomic E-state index is 13.0. The smallest absolute Gasteiger partial charge is 0.317 e. The molecular weight excluding hydrogens is 1070 g/mol. The van der Waals surface area contributed by atoms with Crippen LogP contribution in [-0.2, 0) is 39.3 Å². The first-order valence-corrected chi connectivity index (χ1v) is 27.2. The summed E-state index contributed by atoms with van der Waals surface area (Å²) >= 11 is 0. The van der Waals surface area contributed by atoms with Gasteiger partial charge in [0.05, 0.1) is 72.6 Å². The van der Waals surface area contributed by atoms with E-state index in [1.54, 1.807) is 37.3 Å². The van der Waals surface area contributed by atoms with Crippen molar-refractivity contribution >= 4 is 33.1 Å². The minimum absolute atomic E-state index is 0.155. The van der Waals surface area contributed by atoms with Crippen LogP contribution < -0.4 is 33.4 Å². The molecule has 82 heavy (non-hydrogen) atoms. The zero-order chi connectivity index (χ0) is 61.2. The number of aromatic nitrogens is 6. The van der Waals surface area contributed by atoms with Gasteiger partial charge >= 0.3 is 33.4 Å². The number of aryl methyl sites for hydroxylation is 7. The highest BCUT2D eigenvalue weighted by atomic mass is 16.4. The van der Waals surface area contributed by atoms with Gasteiger partial charge in [0.15, 0.2) is 0 Å². The van der Waals surface area contributed by atoms with Crippen LogP contribution in [-0.4, -0.2) is 163 Å². The number of nitrogens with zero attached hydrogens (tertiary/aromatic N) is 6. The van der Waals surface area contributed by atoms with E-state index in [0.717, 1.165) is 72.8 Å². The van der Waals surface area contributed by atoms with E-state index >= 15 is 0 Å². The minimum Gasteiger partial charge on any atom is -0.394 e. The van der Waals surface area contributed by atoms with Crippen molar-refractivity contribution in [1.82, 2.24) is 27.4 Å². The van der Waals surface area contributed by atoms with Crippen molar-refractivity contribution in [3.05, 3.63) is 156 Å². The van der Waals surface area contributed by atoms with Crippen LogP contribution in [0.2, 0.25) is 0 Å². The Morgan fingerprint density at radius 1 is 0.402 bits per heavy atom. The van der Waals surface area contributed by atoms with Crippen molar-refractivity contribution in [2.24, 2.45) is 0 Å². The van der Waals surface area contributed by atoms with Crippen LogP contribution in [0.3, 0.4) is 0 Å². The first kappa shape index (κ1) is 66.3. The van der Waals surface area contributed by atoms with E-state index in [4.69, 9.17) is 15.3 Å². The van der Waals surface area contributed by atoms with E-state index in [0.29, 0.717) is 46.2 Å². The standard InChI is InChI=1S/C23H32N2O6.C18H24N2O6.C17H24N2O6/c1-14-10-17-18(11-15(14)2)25(12-19(27)21(29)20(28)13-26)23(31)22(30)24(17)9-8-16-6-4-3-5-7-16;1-4-5-19-12-6-10(2)11(3)7-13(12)20(18(26)17(19)25)8-14(22)16(24)15(23)9-21;1-4-18-11-5-9(2)10(3)6-12(11)19(17(25)16(18)24)7-13(21)15(23)14(22)8-20/h8,10-11,19-21,26-29H,3-7,9,12-13H2,1-2H3;4,6-7,14-16,21-24H,1,5,8-9H2,2-3H3;5-6,13-15,20-23H,4,7-8H2,1-3H3/t19-,20+,21-;14-,15+,16-;13-,14+,15-/m000/s1. The van der Waals surface area contributed by atoms with Gasteiger partial charge in [0.25, 0.3) is 0 Å². The molecule has 0 amide bonds. The van der Waals surface area contributed by atoms with Gasteiger partial charge in [-0.15, -0.1) is 6.58 Å². The minimum atomic E-state index is -1.66. The van der Waals surface area contributed by atoms with Crippen molar-refractivity contribution < 1.29 is 61.3 Å². The molecule has 0 unspecified atom stereocenters. The van der Waals surface area contributed by atoms with Gasteiger partial charge in [-0.2, -0.15) is 0 Å². The molecule has 1 aliphatic rings. The average Bonchev–Trinajstić information content (AvgIpc) is 3.55. The molecule has 1 saturated carbocycles. The summed E-state index contributed by atoms with van der Waals surface area (Å²) in [5, 5.41) is 116. The average molecular weight is 1150 g/mol. The van der Waals surface area contributed by atoms with E-state index in [1.165, 1.54) is 31.8 Å². The third kappa shape index (κ3) is 14.8. The molecule has 12 N–H and O–H groups in total. The molecular formula is C58H80N6O18. The number of hydrogen-bond acceptors (Lipinski definition) is 18. The molecule has 0 spiro atoms. The Labute approximate surface area is 471 Å². The van der Waals surface area contributed by atoms with Gasteiger partial charge in [-0.25, -0.2) is 0 Å². The van der Waals surface area contributed by atoms with Crippen molar-refractivity contribution in [2.45, 2.75) is 175 Å². The van der Waals surface area contributed by atoms with Crippen LogP contribution in [0.1, 0.15) is 72.4 Å². The van der Waals surface area contributed by atoms with Crippen molar-refractivity contribution in [3.8, 4) is 0 Å². The van der Waals surface area contributed by atoms with Crippen molar-refractivity contribution in [1.29, 1.82) is 0 Å². The quantitative estimate of drug-likeness (QED) is 0.0311. The highest BCUT2D eigenvalue weighted by molar-refractivity contribution is 5.79. The highest BCUT2D eigenvalue weighted by Crippen LogP contribution is 2.25. The molecule has 0 bridgehead atoms. The lowest BCUT2D eigenvalue weighted by molar-refractivity contribution is -0.0805. The van der Waals surface area contributed by atoms with Gasteiger partial charge in [-0.3, -0.25) is 51.6 Å². The summed E-state index contributed by atoms with van der Waals surface area (Å²) in [6.07, 6.45) is -5.16. The Kier molecular flexibility index (Phi) is 23.6. The summed E-state index contributed by atoms with van der Waals surface area (Å²) < 4.78 is 7.47. The molecule has 0 aliphatic heterocycles. The monoisotopic (exact) mass is 1150 g/mol. The molecule has 1 aliphatic carbocycles. The molecule has 3 aromatic heterocycles. The molecule has 450 valence electrons. The third-order valence-corrected chi connectivity index (χ3v) is 15.3. The largest absolute Gasteiger partial charge is 0.394 e. The van der Waals surface area contributed by atoms with Crippen LogP contribution >= 0.6 is 0 Å². The fourth-order valence-corrected chi connectivity index (χ4v) is 9.76. The van der Waals surface area contributed by atoms with Crippen LogP contribution in [0.15, 0.2) is 89.5 Å². The van der Waals surface area contributed by atoms with Gasteiger partial charge in [0, 0.05) is 19.6 Å². The summed E-state index contributed by atoms with van der Waals surface area (Å²) in [7, 11) is 0. The Balaban J connectivity index is 0.000000227. The number of fused-ring (bicyclic) bond motifs is 3. The molecule has 0 saturated heterocycles. The number of benzene rings is 3. The molecule has 6 aromatic rings. The zero-order valence-corrected chi connectivity index (χ0v) is 47.4. The predicted octanol–water partition coefficient (Wildman–Crippen LogP) is -1.34. The summed E-state index contributed by atoms with van der Waals surface area (Å²) in [5.41, 5.74) is 5.18. The van der Waals surface area contributed by atoms with Gasteiger partial charge in [0.2, 0.25) is 0 Å². The third-order valence-electron chi connectivity index (χ3n) is 15.3. The number of allylic oxidation sites excluding steroid dienone is 3. The van der Waals surface area contributed by atoms with Crippen LogP contribution in [0.5, 0.6) is 0 Å². The number of rotatable bonds is 20. The Hall–Kier alpha value is -6.52. The van der Waals surface area contributed by atoms with E-state index in [9.17, 15) is 74.7 Å². The van der Waals surface area contributed by atoms with Gasteiger partial charge in [0.1, 0.15) is 54.9 Å². The molecule has 0 radical (unpaired) electrons. The number of aliphatic hydroxyl groups is 12. The maximum absolute atomic E-state index is 13.0. The van der Waals surface area contributed by atoms with E-state index in [1.807, 2.05) is 53.7 Å². The highest BCUT2D eigenvalue weighted by Gasteiger charge is 2.29. The molecule has 24 heteroatoms. The zero-order valence-electron chi connectivity index (χ0n) is 47.4. The first-order valence-electron chi connectivity index (χ1n) is 27.2. The predicted molar refractivity (Wildman–Crippen MR) is 308 cm³/mol. The second kappa shape index (κ2) is 29.1. The number of aliphatic hydroxyl groups excluding tert-OH is 12. The van der Waals surface area contributed by atoms with Gasteiger partial charge < -0.3 is 65.8 Å². The lowest BCUT2D eigenvalue weighted by Gasteiger charge is -2.23. The summed E-state index contributed by atoms with van der Waals surface area (Å²) in [6, 6.07) is 10.7. The van der Waals surface area contributed by atoms with Crippen LogP contribution in [0.25, 0.3) is 33.1 Å². The normalized spacial score (nSPS) is 16.1. The van der Waals surface area contributed by atoms with Crippen molar-refractivity contribution in [3.63, 3.8) is 0 Å². The lowest BCUT2D eigenvalue weighted by atomic mass is 9.95. The van der Waals surface area contributed by atoms with E-state index < -0.39 is 115 Å². The Bertz CT molecular complexity index is 3640. The molecule has 3 aromatic carbocycles. The summed E-state index contributed by atoms with van der Waals surface area (Å²) in [5.74, 6) is 0. The lowest BCUT2D eigenvalue weighted by Crippen LogP contribution is -2.47. The summed E-state index contributed by atoms with van der Waals surface area (Å²) in [4.78, 5) is 75.8. The van der Waals surface area contributed by atoms with Gasteiger partial charge in [-0.05, 0) is 144 Å². The van der Waals surface area contributed by atoms with Crippen LogP contribution in [0, 0.1) is 41.5 Å². The molecule has 1 fully saturated rings. The molecule has 7 rings (SSSR count). The van der Waals surface area contributed by atoms with Gasteiger partial charge in [-0.1, -0.05) is 24.1 Å². The Morgan fingerprint density at radius 3 is 0.939 bits per heavy atom. The maximum Gasteiger partial charge on any atom is 0.317 e. The first-order chi connectivity index (χ1) is 38.7. The molecule has 9 atom stereocenters. The van der Waals surface area contributed by atoms with Crippen molar-refractivity contribution in [2.75, 3.05) is 19.8 Å². The second-order valence-electron chi connectivity index (χ2n) is 21.0. The SMILES string of the molecule is C=CCn1c(=O)c(=O)n(C[C@H](O)[C@H](O)[C@H](O)CO)c2cc(C)c(C)cc21.CCn1c(=O)c(=O)n(C[C@H](O)[C@H](O)[C@H](O)CO)c2cc(C)c(C)cc21.Cc1cc2c(cc1C)n(C[C@H](O)[C@H](O)[C@H](O)CO)c(=O)c(=O)n2CC=C1CCCCC1.